The summed E-state index contributed by atoms with van der Waals surface area (Å²) < 4.78 is 14.0. The number of hydrogen-bond donors (Lipinski definition) is 1. The van der Waals surface area contributed by atoms with Gasteiger partial charge in [-0.15, -0.1) is 11.3 Å². The van der Waals surface area contributed by atoms with Crippen LogP contribution in [-0.2, 0) is 13.1 Å². The van der Waals surface area contributed by atoms with Crippen molar-refractivity contribution in [1.29, 1.82) is 0 Å². The van der Waals surface area contributed by atoms with Crippen molar-refractivity contribution in [2.75, 3.05) is 31.1 Å². The van der Waals surface area contributed by atoms with Crippen LogP contribution in [0.2, 0.25) is 0 Å². The molecule has 21 heavy (non-hydrogen) atoms. The Balaban J connectivity index is 1.58. The van der Waals surface area contributed by atoms with Crippen molar-refractivity contribution < 1.29 is 4.39 Å². The van der Waals surface area contributed by atoms with Crippen LogP contribution in [0.3, 0.4) is 0 Å². The topological polar surface area (TPSA) is 45.4 Å². The van der Waals surface area contributed by atoms with Crippen molar-refractivity contribution in [3.8, 4) is 0 Å². The van der Waals surface area contributed by atoms with E-state index < -0.39 is 0 Å². The van der Waals surface area contributed by atoms with Gasteiger partial charge in [-0.1, -0.05) is 12.1 Å². The molecule has 0 spiro atoms. The second-order valence-corrected chi connectivity index (χ2v) is 6.08. The first kappa shape index (κ1) is 14.4. The molecule has 0 atom stereocenters. The van der Waals surface area contributed by atoms with Crippen LogP contribution in [0.4, 0.5) is 9.52 Å². The number of piperazine rings is 1. The lowest BCUT2D eigenvalue weighted by molar-refractivity contribution is 0.246. The Bertz CT molecular complexity index is 579. The molecule has 1 aliphatic rings. The average Bonchev–Trinajstić information content (AvgIpc) is 3.04. The van der Waals surface area contributed by atoms with E-state index in [1.54, 1.807) is 17.4 Å². The maximum Gasteiger partial charge on any atom is 0.185 e. The third-order valence-corrected chi connectivity index (χ3v) is 4.64. The Morgan fingerprint density at radius 1 is 1.24 bits per heavy atom. The zero-order chi connectivity index (χ0) is 14.7. The van der Waals surface area contributed by atoms with E-state index in [-0.39, 0.29) is 5.82 Å². The molecule has 0 saturated carbocycles. The first-order valence-electron chi connectivity index (χ1n) is 7.10. The highest BCUT2D eigenvalue weighted by molar-refractivity contribution is 7.13. The predicted octanol–water partition coefficient (Wildman–Crippen LogP) is 2.06. The Kier molecular flexibility index (Phi) is 4.48. The van der Waals surface area contributed by atoms with E-state index in [0.717, 1.165) is 42.4 Å². The van der Waals surface area contributed by atoms with Gasteiger partial charge >= 0.3 is 0 Å². The molecule has 2 heterocycles. The summed E-state index contributed by atoms with van der Waals surface area (Å²) in [4.78, 5) is 8.91. The van der Waals surface area contributed by atoms with Gasteiger partial charge in [-0.2, -0.15) is 0 Å². The summed E-state index contributed by atoms with van der Waals surface area (Å²) in [6, 6.07) is 5.30. The maximum atomic E-state index is 14.0. The summed E-state index contributed by atoms with van der Waals surface area (Å²) in [6.45, 7) is 4.77. The molecular weight excluding hydrogens is 287 g/mol. The van der Waals surface area contributed by atoms with Crippen molar-refractivity contribution in [2.24, 2.45) is 5.73 Å². The number of thiazole rings is 1. The van der Waals surface area contributed by atoms with Gasteiger partial charge in [0.15, 0.2) is 5.13 Å². The number of halogens is 1. The summed E-state index contributed by atoms with van der Waals surface area (Å²) in [5, 5.41) is 3.07. The van der Waals surface area contributed by atoms with Crippen LogP contribution in [0.25, 0.3) is 0 Å². The summed E-state index contributed by atoms with van der Waals surface area (Å²) in [5.74, 6) is -0.152. The van der Waals surface area contributed by atoms with Crippen LogP contribution < -0.4 is 10.6 Å². The second-order valence-electron chi connectivity index (χ2n) is 5.21. The Morgan fingerprint density at radius 3 is 2.67 bits per heavy atom. The number of nitrogens with zero attached hydrogens (tertiary/aromatic N) is 3. The van der Waals surface area contributed by atoms with Gasteiger partial charge < -0.3 is 10.6 Å². The van der Waals surface area contributed by atoms with E-state index in [2.05, 4.69) is 14.8 Å². The Morgan fingerprint density at radius 2 is 2.05 bits per heavy atom. The van der Waals surface area contributed by atoms with Gasteiger partial charge in [0.2, 0.25) is 0 Å². The van der Waals surface area contributed by atoms with Crippen LogP contribution in [0.5, 0.6) is 0 Å². The number of benzene rings is 1. The number of hydrogen-bond acceptors (Lipinski definition) is 5. The van der Waals surface area contributed by atoms with E-state index in [1.165, 1.54) is 0 Å². The van der Waals surface area contributed by atoms with Crippen molar-refractivity contribution in [2.45, 2.75) is 13.1 Å². The van der Waals surface area contributed by atoms with E-state index in [1.807, 2.05) is 23.7 Å². The molecule has 0 unspecified atom stereocenters. The van der Waals surface area contributed by atoms with Gasteiger partial charge in [-0.3, -0.25) is 4.90 Å². The lowest BCUT2D eigenvalue weighted by atomic mass is 10.1. The third kappa shape index (κ3) is 3.40. The third-order valence-electron chi connectivity index (χ3n) is 3.81. The largest absolute Gasteiger partial charge is 0.346 e. The van der Waals surface area contributed by atoms with Gasteiger partial charge in [0.25, 0.3) is 0 Å². The van der Waals surface area contributed by atoms with Gasteiger partial charge in [0.1, 0.15) is 5.82 Å². The minimum atomic E-state index is -0.152. The van der Waals surface area contributed by atoms with Gasteiger partial charge in [-0.05, 0) is 11.6 Å². The van der Waals surface area contributed by atoms with Gasteiger partial charge in [0.05, 0.1) is 0 Å². The molecule has 1 fully saturated rings. The molecule has 0 bridgehead atoms. The highest BCUT2D eigenvalue weighted by Gasteiger charge is 2.19. The molecule has 1 aromatic carbocycles. The van der Waals surface area contributed by atoms with Crippen molar-refractivity contribution >= 4 is 16.5 Å². The molecule has 1 aliphatic heterocycles. The molecular formula is C15H19FN4S. The smallest absolute Gasteiger partial charge is 0.185 e. The normalized spacial score (nSPS) is 16.4. The van der Waals surface area contributed by atoms with Crippen molar-refractivity contribution in [1.82, 2.24) is 9.88 Å². The number of anilines is 1. The molecule has 1 aromatic heterocycles. The van der Waals surface area contributed by atoms with Crippen molar-refractivity contribution in [3.63, 3.8) is 0 Å². The van der Waals surface area contributed by atoms with Crippen LogP contribution in [-0.4, -0.2) is 36.1 Å². The molecule has 112 valence electrons. The van der Waals surface area contributed by atoms with Crippen LogP contribution >= 0.6 is 11.3 Å². The molecule has 0 aliphatic carbocycles. The quantitative estimate of drug-likeness (QED) is 0.939. The molecule has 2 aromatic rings. The minimum absolute atomic E-state index is 0.152. The molecule has 6 heteroatoms. The highest BCUT2D eigenvalue weighted by Crippen LogP contribution is 2.20. The SMILES string of the molecule is NCc1ccc(CN2CCN(c3nccs3)CC2)c(F)c1. The predicted molar refractivity (Wildman–Crippen MR) is 83.9 cm³/mol. The van der Waals surface area contributed by atoms with E-state index in [4.69, 9.17) is 5.73 Å². The molecule has 2 N–H and O–H groups in total. The fourth-order valence-electron chi connectivity index (χ4n) is 2.56. The summed E-state index contributed by atoms with van der Waals surface area (Å²) >= 11 is 1.67. The van der Waals surface area contributed by atoms with Crippen molar-refractivity contribution in [3.05, 3.63) is 46.7 Å². The summed E-state index contributed by atoms with van der Waals surface area (Å²) in [6.07, 6.45) is 1.83. The first-order chi connectivity index (χ1) is 10.3. The van der Waals surface area contributed by atoms with E-state index >= 15 is 0 Å². The Hall–Kier alpha value is -1.50. The lowest BCUT2D eigenvalue weighted by Gasteiger charge is -2.34. The average molecular weight is 306 g/mol. The van der Waals surface area contributed by atoms with E-state index in [0.29, 0.717) is 13.1 Å². The zero-order valence-electron chi connectivity index (χ0n) is 11.8. The van der Waals surface area contributed by atoms with Crippen LogP contribution in [0, 0.1) is 5.82 Å². The summed E-state index contributed by atoms with van der Waals surface area (Å²) in [7, 11) is 0. The monoisotopic (exact) mass is 306 g/mol. The van der Waals surface area contributed by atoms with Crippen LogP contribution in [0.15, 0.2) is 29.8 Å². The van der Waals surface area contributed by atoms with E-state index in [9.17, 15) is 4.39 Å². The molecule has 4 nitrogen and oxygen atoms in total. The highest BCUT2D eigenvalue weighted by atomic mass is 32.1. The minimum Gasteiger partial charge on any atom is -0.346 e. The number of nitrogens with two attached hydrogens (primary N) is 1. The lowest BCUT2D eigenvalue weighted by Crippen LogP contribution is -2.46. The summed E-state index contributed by atoms with van der Waals surface area (Å²) in [5.41, 5.74) is 7.11. The van der Waals surface area contributed by atoms with Gasteiger partial charge in [0, 0.05) is 56.4 Å². The molecule has 3 rings (SSSR count). The van der Waals surface area contributed by atoms with Crippen LogP contribution in [0.1, 0.15) is 11.1 Å². The fraction of sp³-hybridized carbons (Fsp3) is 0.400. The number of aromatic nitrogens is 1. The standard InChI is InChI=1S/C15H19FN4S/c16-14-9-12(10-17)1-2-13(14)11-19-4-6-20(7-5-19)15-18-3-8-21-15/h1-3,8-9H,4-7,10-11,17H2. The molecule has 0 radical (unpaired) electrons. The molecule has 1 saturated heterocycles. The second kappa shape index (κ2) is 6.51. The zero-order valence-corrected chi connectivity index (χ0v) is 12.7. The number of rotatable bonds is 4. The fourth-order valence-corrected chi connectivity index (χ4v) is 3.25. The first-order valence-corrected chi connectivity index (χ1v) is 7.98. The van der Waals surface area contributed by atoms with Gasteiger partial charge in [-0.25, -0.2) is 9.37 Å². The Labute approximate surface area is 128 Å². The maximum absolute atomic E-state index is 14.0. The molecule has 0 amide bonds.